The zero-order chi connectivity index (χ0) is 21.2. The Labute approximate surface area is 168 Å². The zero-order valence-electron chi connectivity index (χ0n) is 16.6. The van der Waals surface area contributed by atoms with Gasteiger partial charge in [-0.3, -0.25) is 9.59 Å². The summed E-state index contributed by atoms with van der Waals surface area (Å²) in [6, 6.07) is 10.0. The molecule has 1 N–H and O–H groups in total. The van der Waals surface area contributed by atoms with Gasteiger partial charge in [0.05, 0.1) is 27.5 Å². The van der Waals surface area contributed by atoms with E-state index in [9.17, 15) is 9.59 Å². The first-order valence-electron chi connectivity index (χ1n) is 8.50. The first-order chi connectivity index (χ1) is 14.0. The molecule has 2 aromatic carbocycles. The zero-order valence-corrected chi connectivity index (χ0v) is 16.6. The Kier molecular flexibility index (Phi) is 7.84. The van der Waals surface area contributed by atoms with E-state index in [0.717, 1.165) is 0 Å². The molecule has 1 amide bonds. The summed E-state index contributed by atoms with van der Waals surface area (Å²) in [5.41, 5.74) is 2.92. The summed E-state index contributed by atoms with van der Waals surface area (Å²) in [5, 5.41) is 3.88. The summed E-state index contributed by atoms with van der Waals surface area (Å²) in [6.45, 7) is 1.07. The highest BCUT2D eigenvalue weighted by Crippen LogP contribution is 2.38. The van der Waals surface area contributed by atoms with E-state index in [1.54, 1.807) is 43.5 Å². The summed E-state index contributed by atoms with van der Waals surface area (Å²) in [4.78, 5) is 23.1. The lowest BCUT2D eigenvalue weighted by molar-refractivity contribution is -0.132. The maximum absolute atomic E-state index is 11.9. The van der Waals surface area contributed by atoms with Crippen LogP contribution in [0.1, 0.15) is 12.5 Å². The Hall–Kier alpha value is -3.75. The number of amides is 1. The average Bonchev–Trinajstić information content (AvgIpc) is 2.72. The predicted molar refractivity (Wildman–Crippen MR) is 105 cm³/mol. The average molecular weight is 402 g/mol. The van der Waals surface area contributed by atoms with Gasteiger partial charge in [0.2, 0.25) is 5.75 Å². The van der Waals surface area contributed by atoms with Crippen LogP contribution in [0.2, 0.25) is 0 Å². The van der Waals surface area contributed by atoms with E-state index in [2.05, 4.69) is 10.5 Å². The molecule has 0 radical (unpaired) electrons. The normalized spacial score (nSPS) is 10.3. The number of hydrogen-bond donors (Lipinski definition) is 1. The molecule has 0 atom stereocenters. The van der Waals surface area contributed by atoms with Gasteiger partial charge in [0.15, 0.2) is 18.1 Å². The Morgan fingerprint density at radius 1 is 0.966 bits per heavy atom. The number of hydrogen-bond acceptors (Lipinski definition) is 8. The first kappa shape index (κ1) is 21.5. The number of nitrogens with one attached hydrogen (secondary N) is 1. The summed E-state index contributed by atoms with van der Waals surface area (Å²) in [7, 11) is 4.43. The van der Waals surface area contributed by atoms with E-state index in [1.807, 2.05) is 0 Å². The molecule has 9 nitrogen and oxygen atoms in total. The lowest BCUT2D eigenvalue weighted by atomic mass is 10.2. The van der Waals surface area contributed by atoms with Gasteiger partial charge >= 0.3 is 5.97 Å². The topological polar surface area (TPSA) is 105 Å². The van der Waals surface area contributed by atoms with Crippen molar-refractivity contribution in [1.82, 2.24) is 5.43 Å². The van der Waals surface area contributed by atoms with Crippen molar-refractivity contribution in [2.75, 3.05) is 27.9 Å². The second-order valence-corrected chi connectivity index (χ2v) is 5.61. The minimum Gasteiger partial charge on any atom is -0.497 e. The van der Waals surface area contributed by atoms with Gasteiger partial charge in [-0.25, -0.2) is 5.43 Å². The van der Waals surface area contributed by atoms with Gasteiger partial charge in [-0.2, -0.15) is 5.10 Å². The highest BCUT2D eigenvalue weighted by atomic mass is 16.6. The third kappa shape index (κ3) is 6.42. The quantitative estimate of drug-likeness (QED) is 0.297. The molecule has 0 bridgehead atoms. The number of carbonyl (C=O) groups excluding carboxylic acids is 2. The third-order valence-electron chi connectivity index (χ3n) is 3.56. The van der Waals surface area contributed by atoms with Crippen LogP contribution in [-0.4, -0.2) is 46.0 Å². The number of esters is 1. The van der Waals surface area contributed by atoms with Crippen LogP contribution in [0.25, 0.3) is 0 Å². The molecule has 154 valence electrons. The van der Waals surface area contributed by atoms with Crippen LogP contribution >= 0.6 is 0 Å². The smallest absolute Gasteiger partial charge is 0.308 e. The Morgan fingerprint density at radius 2 is 1.55 bits per heavy atom. The molecular weight excluding hydrogens is 380 g/mol. The first-order valence-corrected chi connectivity index (χ1v) is 8.50. The van der Waals surface area contributed by atoms with Gasteiger partial charge in [-0.05, 0) is 36.4 Å². The van der Waals surface area contributed by atoms with Crippen LogP contribution in [0, 0.1) is 0 Å². The molecule has 0 saturated heterocycles. The molecule has 0 aliphatic rings. The van der Waals surface area contributed by atoms with Gasteiger partial charge in [-0.1, -0.05) is 0 Å². The van der Waals surface area contributed by atoms with Gasteiger partial charge < -0.3 is 23.7 Å². The highest BCUT2D eigenvalue weighted by Gasteiger charge is 2.15. The van der Waals surface area contributed by atoms with Crippen molar-refractivity contribution >= 4 is 18.1 Å². The Balaban J connectivity index is 1.97. The number of carbonyl (C=O) groups is 2. The van der Waals surface area contributed by atoms with Crippen LogP contribution in [-0.2, 0) is 9.59 Å². The van der Waals surface area contributed by atoms with E-state index >= 15 is 0 Å². The Bertz CT molecular complexity index is 854. The van der Waals surface area contributed by atoms with E-state index in [0.29, 0.717) is 17.1 Å². The van der Waals surface area contributed by atoms with Crippen molar-refractivity contribution < 1.29 is 33.3 Å². The van der Waals surface area contributed by atoms with Gasteiger partial charge in [0, 0.05) is 12.5 Å². The third-order valence-corrected chi connectivity index (χ3v) is 3.56. The maximum Gasteiger partial charge on any atom is 0.308 e. The minimum absolute atomic E-state index is 0.163. The number of benzene rings is 2. The van der Waals surface area contributed by atoms with Crippen LogP contribution in [0.15, 0.2) is 41.5 Å². The molecule has 0 fully saturated rings. The van der Waals surface area contributed by atoms with E-state index in [4.69, 9.17) is 23.7 Å². The fraction of sp³-hybridized carbons (Fsp3) is 0.250. The molecule has 0 aromatic heterocycles. The van der Waals surface area contributed by atoms with Crippen LogP contribution in [0.4, 0.5) is 0 Å². The molecule has 2 aromatic rings. The molecule has 0 aliphatic heterocycles. The predicted octanol–water partition coefficient (Wildman–Crippen LogP) is 2.17. The number of methoxy groups -OCH3 is 3. The van der Waals surface area contributed by atoms with Crippen LogP contribution in [0.3, 0.4) is 0 Å². The number of nitrogens with zero attached hydrogens (tertiary/aromatic N) is 1. The number of ether oxygens (including phenoxy) is 5. The fourth-order valence-corrected chi connectivity index (χ4v) is 2.25. The molecule has 0 spiro atoms. The van der Waals surface area contributed by atoms with Gasteiger partial charge in [0.25, 0.3) is 5.91 Å². The lowest BCUT2D eigenvalue weighted by Crippen LogP contribution is -2.24. The SMILES string of the molecule is COc1ccc(OCC(=O)N/N=C\c2cc(OC)c(OC(C)=O)c(OC)c2)cc1. The van der Waals surface area contributed by atoms with Crippen molar-refractivity contribution in [3.05, 3.63) is 42.0 Å². The largest absolute Gasteiger partial charge is 0.497 e. The van der Waals surface area contributed by atoms with Gasteiger partial charge in [0.1, 0.15) is 11.5 Å². The minimum atomic E-state index is -0.507. The maximum atomic E-state index is 11.9. The van der Waals surface area contributed by atoms with Crippen molar-refractivity contribution in [3.8, 4) is 28.7 Å². The molecule has 0 heterocycles. The molecule has 0 saturated carbocycles. The standard InChI is InChI=1S/C20H22N2O7/c1-13(23)29-20-17(26-3)9-14(10-18(20)27-4)11-21-22-19(24)12-28-16-7-5-15(25-2)6-8-16/h5-11H,12H2,1-4H3,(H,22,24)/b21-11-. The van der Waals surface area contributed by atoms with E-state index in [-0.39, 0.29) is 23.9 Å². The Morgan fingerprint density at radius 3 is 2.07 bits per heavy atom. The molecule has 29 heavy (non-hydrogen) atoms. The summed E-state index contributed by atoms with van der Waals surface area (Å²) in [6.07, 6.45) is 1.40. The van der Waals surface area contributed by atoms with E-state index in [1.165, 1.54) is 27.4 Å². The monoisotopic (exact) mass is 402 g/mol. The van der Waals surface area contributed by atoms with Crippen molar-refractivity contribution in [2.45, 2.75) is 6.92 Å². The van der Waals surface area contributed by atoms with Crippen molar-refractivity contribution in [2.24, 2.45) is 5.10 Å². The van der Waals surface area contributed by atoms with Gasteiger partial charge in [-0.15, -0.1) is 0 Å². The molecular formula is C20H22N2O7. The van der Waals surface area contributed by atoms with E-state index < -0.39 is 11.9 Å². The van der Waals surface area contributed by atoms with Crippen molar-refractivity contribution in [1.29, 1.82) is 0 Å². The number of rotatable bonds is 9. The molecule has 2 rings (SSSR count). The summed E-state index contributed by atoms with van der Waals surface area (Å²) in [5.74, 6) is 1.01. The van der Waals surface area contributed by atoms with Crippen LogP contribution in [0.5, 0.6) is 28.7 Å². The van der Waals surface area contributed by atoms with Crippen LogP contribution < -0.4 is 29.1 Å². The van der Waals surface area contributed by atoms with Crippen molar-refractivity contribution in [3.63, 3.8) is 0 Å². The second-order valence-electron chi connectivity index (χ2n) is 5.61. The lowest BCUT2D eigenvalue weighted by Gasteiger charge is -2.13. The molecule has 0 unspecified atom stereocenters. The summed E-state index contributed by atoms with van der Waals surface area (Å²) >= 11 is 0. The second kappa shape index (κ2) is 10.5. The molecule has 0 aliphatic carbocycles. The summed E-state index contributed by atoms with van der Waals surface area (Å²) < 4.78 is 26.0. The fourth-order valence-electron chi connectivity index (χ4n) is 2.25. The molecule has 9 heteroatoms. The highest BCUT2D eigenvalue weighted by molar-refractivity contribution is 5.85. The number of hydrazone groups is 1.